The zero-order valence-electron chi connectivity index (χ0n) is 45.0. The smallest absolute Gasteiger partial charge is 0.220 e. The lowest BCUT2D eigenvalue weighted by Gasteiger charge is -2.40. The number of hydrogen-bond donors (Lipinski definition) is 6. The molecule has 0 aromatic carbocycles. The molecular weight excluding hydrogens is 875 g/mol. The van der Waals surface area contributed by atoms with Crippen molar-refractivity contribution in [1.82, 2.24) is 5.32 Å². The van der Waals surface area contributed by atoms with Crippen LogP contribution in [0.25, 0.3) is 0 Å². The first kappa shape index (κ1) is 65.6. The molecule has 7 atom stereocenters. The number of rotatable bonds is 49. The van der Waals surface area contributed by atoms with Crippen molar-refractivity contribution in [3.05, 3.63) is 72.9 Å². The zero-order chi connectivity index (χ0) is 50.8. The van der Waals surface area contributed by atoms with Crippen molar-refractivity contribution in [1.29, 1.82) is 0 Å². The topological polar surface area (TPSA) is 149 Å². The number of aliphatic hydroxyl groups excluding tert-OH is 5. The maximum absolute atomic E-state index is 13.1. The minimum absolute atomic E-state index is 0.159. The monoisotopic (exact) mass is 984 g/mol. The largest absolute Gasteiger partial charge is 0.394 e. The second-order valence-electron chi connectivity index (χ2n) is 20.1. The van der Waals surface area contributed by atoms with Crippen LogP contribution in [0.15, 0.2) is 72.9 Å². The average molecular weight is 985 g/mol. The first-order chi connectivity index (χ1) is 34.3. The Balaban J connectivity index is 2.24. The number of ether oxygens (including phenoxy) is 2. The number of carbonyl (C=O) groups excluding carboxylic acids is 1. The molecule has 6 N–H and O–H groups in total. The summed E-state index contributed by atoms with van der Waals surface area (Å²) in [5.41, 5.74) is 0. The predicted molar refractivity (Wildman–Crippen MR) is 295 cm³/mol. The molecule has 0 aliphatic carbocycles. The van der Waals surface area contributed by atoms with E-state index in [1.165, 1.54) is 148 Å². The highest BCUT2D eigenvalue weighted by atomic mass is 16.7. The minimum Gasteiger partial charge on any atom is -0.394 e. The molecule has 9 heteroatoms. The van der Waals surface area contributed by atoms with Gasteiger partial charge in [-0.15, -0.1) is 0 Å². The van der Waals surface area contributed by atoms with E-state index in [-0.39, 0.29) is 12.5 Å². The molecule has 70 heavy (non-hydrogen) atoms. The van der Waals surface area contributed by atoms with Gasteiger partial charge in [-0.05, 0) is 64.2 Å². The van der Waals surface area contributed by atoms with Crippen molar-refractivity contribution in [2.24, 2.45) is 0 Å². The Morgan fingerprint density at radius 2 is 0.886 bits per heavy atom. The summed E-state index contributed by atoms with van der Waals surface area (Å²) in [5, 5.41) is 54.7. The van der Waals surface area contributed by atoms with Gasteiger partial charge in [-0.1, -0.05) is 254 Å². The lowest BCUT2D eigenvalue weighted by atomic mass is 9.99. The van der Waals surface area contributed by atoms with Crippen LogP contribution in [0.1, 0.15) is 251 Å². The highest BCUT2D eigenvalue weighted by Crippen LogP contribution is 2.23. The van der Waals surface area contributed by atoms with Gasteiger partial charge in [-0.3, -0.25) is 4.79 Å². The first-order valence-electron chi connectivity index (χ1n) is 29.1. The lowest BCUT2D eigenvalue weighted by Crippen LogP contribution is -2.60. The number of aliphatic hydroxyl groups is 5. The van der Waals surface area contributed by atoms with E-state index in [1.54, 1.807) is 0 Å². The van der Waals surface area contributed by atoms with Crippen LogP contribution >= 0.6 is 0 Å². The number of nitrogens with one attached hydrogen (secondary N) is 1. The van der Waals surface area contributed by atoms with E-state index in [4.69, 9.17) is 9.47 Å². The Bertz CT molecular complexity index is 1330. The van der Waals surface area contributed by atoms with E-state index < -0.39 is 49.5 Å². The molecular formula is C61H109NO8. The Morgan fingerprint density at radius 3 is 1.29 bits per heavy atom. The van der Waals surface area contributed by atoms with Crippen LogP contribution in [0.3, 0.4) is 0 Å². The van der Waals surface area contributed by atoms with Crippen LogP contribution in [0.2, 0.25) is 0 Å². The predicted octanol–water partition coefficient (Wildman–Crippen LogP) is 14.5. The fourth-order valence-electron chi connectivity index (χ4n) is 8.99. The molecule has 1 aliphatic heterocycles. The van der Waals surface area contributed by atoms with Crippen molar-refractivity contribution in [3.63, 3.8) is 0 Å². The number of hydrogen-bond acceptors (Lipinski definition) is 8. The summed E-state index contributed by atoms with van der Waals surface area (Å²) < 4.78 is 11.3. The number of amides is 1. The van der Waals surface area contributed by atoms with Gasteiger partial charge in [-0.2, -0.15) is 0 Å². The van der Waals surface area contributed by atoms with Gasteiger partial charge in [0.05, 0.1) is 25.4 Å². The van der Waals surface area contributed by atoms with Gasteiger partial charge >= 0.3 is 0 Å². The molecule has 0 spiro atoms. The molecule has 0 bridgehead atoms. The van der Waals surface area contributed by atoms with E-state index >= 15 is 0 Å². The molecule has 0 aromatic heterocycles. The van der Waals surface area contributed by atoms with Crippen molar-refractivity contribution in [2.45, 2.75) is 294 Å². The van der Waals surface area contributed by atoms with Crippen molar-refractivity contribution < 1.29 is 39.8 Å². The normalized spacial score (nSPS) is 19.9. The summed E-state index contributed by atoms with van der Waals surface area (Å²) in [7, 11) is 0. The molecule has 1 saturated heterocycles. The molecule has 0 saturated carbocycles. The number of unbranched alkanes of at least 4 members (excludes halogenated alkanes) is 27. The Kier molecular flexibility index (Phi) is 47.1. The fraction of sp³-hybridized carbons (Fsp3) is 0.787. The van der Waals surface area contributed by atoms with Gasteiger partial charge in [0.25, 0.3) is 0 Å². The van der Waals surface area contributed by atoms with Crippen LogP contribution in [-0.2, 0) is 14.3 Å². The summed E-state index contributed by atoms with van der Waals surface area (Å²) >= 11 is 0. The van der Waals surface area contributed by atoms with Crippen LogP contribution in [0.4, 0.5) is 0 Å². The summed E-state index contributed by atoms with van der Waals surface area (Å²) in [6.45, 7) is 3.72. The molecule has 0 aromatic rings. The fourth-order valence-corrected chi connectivity index (χ4v) is 8.99. The Morgan fingerprint density at radius 1 is 0.500 bits per heavy atom. The Labute approximate surface area is 429 Å². The van der Waals surface area contributed by atoms with Crippen molar-refractivity contribution in [3.8, 4) is 0 Å². The van der Waals surface area contributed by atoms with Crippen LogP contribution in [0.5, 0.6) is 0 Å². The van der Waals surface area contributed by atoms with Crippen LogP contribution in [-0.4, -0.2) is 87.5 Å². The van der Waals surface area contributed by atoms with Gasteiger partial charge in [0.1, 0.15) is 24.4 Å². The highest BCUT2D eigenvalue weighted by Gasteiger charge is 2.44. The summed E-state index contributed by atoms with van der Waals surface area (Å²) in [6, 6.07) is -0.748. The average Bonchev–Trinajstić information content (AvgIpc) is 3.36. The van der Waals surface area contributed by atoms with Crippen molar-refractivity contribution >= 4 is 5.91 Å². The summed E-state index contributed by atoms with van der Waals surface area (Å²) in [6.07, 6.45) is 62.2. The molecule has 1 heterocycles. The van der Waals surface area contributed by atoms with Gasteiger partial charge in [0.15, 0.2) is 6.29 Å². The molecule has 1 aliphatic rings. The van der Waals surface area contributed by atoms with E-state index in [2.05, 4.69) is 92.1 Å². The van der Waals surface area contributed by atoms with E-state index in [9.17, 15) is 30.3 Å². The second-order valence-corrected chi connectivity index (χ2v) is 20.1. The third-order valence-corrected chi connectivity index (χ3v) is 13.6. The first-order valence-corrected chi connectivity index (χ1v) is 29.1. The van der Waals surface area contributed by atoms with Gasteiger partial charge in [0, 0.05) is 6.42 Å². The number of allylic oxidation sites excluding steroid dienone is 12. The second kappa shape index (κ2) is 50.2. The molecule has 0 radical (unpaired) electrons. The molecule has 406 valence electrons. The third kappa shape index (κ3) is 39.2. The molecule has 7 unspecified atom stereocenters. The van der Waals surface area contributed by atoms with Crippen molar-refractivity contribution in [2.75, 3.05) is 13.2 Å². The van der Waals surface area contributed by atoms with Crippen LogP contribution < -0.4 is 5.32 Å². The minimum atomic E-state index is -1.57. The van der Waals surface area contributed by atoms with E-state index in [0.29, 0.717) is 19.3 Å². The maximum atomic E-state index is 13.1. The maximum Gasteiger partial charge on any atom is 0.220 e. The highest BCUT2D eigenvalue weighted by molar-refractivity contribution is 5.76. The molecule has 9 nitrogen and oxygen atoms in total. The van der Waals surface area contributed by atoms with Gasteiger partial charge in [-0.25, -0.2) is 0 Å². The van der Waals surface area contributed by atoms with Gasteiger partial charge < -0.3 is 40.3 Å². The van der Waals surface area contributed by atoms with E-state index in [0.717, 1.165) is 70.6 Å². The zero-order valence-corrected chi connectivity index (χ0v) is 45.0. The molecule has 1 amide bonds. The summed E-state index contributed by atoms with van der Waals surface area (Å²) in [4.78, 5) is 13.1. The standard InChI is InChI=1S/C61H109NO8/c1-3-5-7-9-11-13-15-17-19-21-23-25-26-27-28-29-31-32-34-36-38-40-42-44-46-48-50-55(64)54(53-69-61-60(68)59(67)58(66)56(52-63)70-61)62-57(65)51-49-47-45-43-41-39-37-35-33-30-24-22-20-18-16-14-12-10-8-6-4-2/h6,8,12,14,18,20,24,30,35,37,41,43,54-56,58-61,63-64,66-68H,3-5,7,9-11,13,15-17,19,21-23,25-29,31-34,36,38-40,42,44-53H2,1-2H3,(H,62,65)/b8-6-,14-12-,20-18-,30-24-,37-35-,43-41-. The molecule has 1 fully saturated rings. The lowest BCUT2D eigenvalue weighted by molar-refractivity contribution is -0.302. The van der Waals surface area contributed by atoms with E-state index in [1.807, 2.05) is 0 Å². The SMILES string of the molecule is CC/C=C\C/C=C\C/C=C\C/C=C\C/C=C\C/C=C\CCCCC(=O)NC(COC1OC(CO)C(O)C(O)C1O)C(O)CCCCCCCCCCCCCCCCCCCCCCCCCCCC. The molecule has 1 rings (SSSR count). The third-order valence-electron chi connectivity index (χ3n) is 13.6. The Hall–Kier alpha value is -2.37. The number of carbonyl (C=O) groups is 1. The summed E-state index contributed by atoms with van der Waals surface area (Å²) in [5.74, 6) is -0.186. The quantitative estimate of drug-likeness (QED) is 0.0261. The van der Waals surface area contributed by atoms with Crippen LogP contribution in [0, 0.1) is 0 Å². The van der Waals surface area contributed by atoms with Gasteiger partial charge in [0.2, 0.25) is 5.91 Å².